The predicted molar refractivity (Wildman–Crippen MR) is 54.8 cm³/mol. The molecule has 2 rings (SSSR count). The van der Waals surface area contributed by atoms with Crippen LogP contribution >= 0.6 is 0 Å². The second-order valence-electron chi connectivity index (χ2n) is 4.71. The number of hydrogen-bond donors (Lipinski definition) is 2. The zero-order valence-electron chi connectivity index (χ0n) is 8.75. The fourth-order valence-electron chi connectivity index (χ4n) is 1.80. The fraction of sp³-hybridized carbons (Fsp3) is 0.900. The van der Waals surface area contributed by atoms with Crippen LogP contribution in [0.2, 0.25) is 0 Å². The normalized spacial score (nSPS) is 27.3. The average Bonchev–Trinajstić information content (AvgIpc) is 2.94. The third-order valence-corrected chi connectivity index (χ3v) is 3.24. The Balaban J connectivity index is 1.89. The van der Waals surface area contributed by atoms with E-state index in [9.17, 15) is 4.79 Å². The van der Waals surface area contributed by atoms with Gasteiger partial charge in [0.15, 0.2) is 0 Å². The van der Waals surface area contributed by atoms with Crippen LogP contribution in [0.1, 0.15) is 25.7 Å². The molecule has 0 bridgehead atoms. The number of carbonyl (C=O) groups excluding carboxylic acids is 1. The van der Waals surface area contributed by atoms with Crippen molar-refractivity contribution in [1.82, 2.24) is 10.2 Å². The predicted octanol–water partition coefficient (Wildman–Crippen LogP) is -0.312. The van der Waals surface area contributed by atoms with Crippen molar-refractivity contribution in [2.75, 3.05) is 20.1 Å². The van der Waals surface area contributed by atoms with Gasteiger partial charge in [0.05, 0.1) is 5.54 Å². The summed E-state index contributed by atoms with van der Waals surface area (Å²) in [7, 11) is 2.07. The summed E-state index contributed by atoms with van der Waals surface area (Å²) in [4.78, 5) is 14.0. The van der Waals surface area contributed by atoms with Crippen LogP contribution < -0.4 is 11.1 Å². The molecule has 80 valence electrons. The lowest BCUT2D eigenvalue weighted by atomic mass is 9.88. The number of likely N-dealkylation sites (tertiary alicyclic amines) is 1. The molecule has 4 heteroatoms. The molecule has 2 aliphatic rings. The molecule has 2 fully saturated rings. The maximum absolute atomic E-state index is 11.8. The minimum atomic E-state index is -0.602. The minimum Gasteiger partial charge on any atom is -0.352 e. The Hall–Kier alpha value is -0.610. The summed E-state index contributed by atoms with van der Waals surface area (Å²) in [6, 6.07) is 0.419. The Labute approximate surface area is 84.8 Å². The van der Waals surface area contributed by atoms with Crippen molar-refractivity contribution in [2.24, 2.45) is 5.73 Å². The second-order valence-corrected chi connectivity index (χ2v) is 4.71. The largest absolute Gasteiger partial charge is 0.352 e. The Kier molecular flexibility index (Phi) is 2.49. The number of nitrogens with one attached hydrogen (secondary N) is 1. The van der Waals surface area contributed by atoms with Gasteiger partial charge in [0.25, 0.3) is 0 Å². The van der Waals surface area contributed by atoms with Crippen molar-refractivity contribution >= 4 is 5.91 Å². The van der Waals surface area contributed by atoms with E-state index in [-0.39, 0.29) is 5.91 Å². The van der Waals surface area contributed by atoms with Crippen LogP contribution in [0.25, 0.3) is 0 Å². The number of hydrogen-bond acceptors (Lipinski definition) is 3. The van der Waals surface area contributed by atoms with Gasteiger partial charge in [-0.05, 0) is 32.7 Å². The number of carbonyl (C=O) groups is 1. The summed E-state index contributed by atoms with van der Waals surface area (Å²) in [5.74, 6) is 0.0631. The van der Waals surface area contributed by atoms with Crippen LogP contribution in [0.3, 0.4) is 0 Å². The fourth-order valence-corrected chi connectivity index (χ4v) is 1.80. The third-order valence-electron chi connectivity index (χ3n) is 3.24. The van der Waals surface area contributed by atoms with Gasteiger partial charge in [-0.1, -0.05) is 0 Å². The molecule has 4 nitrogen and oxygen atoms in total. The van der Waals surface area contributed by atoms with E-state index in [4.69, 9.17) is 5.73 Å². The molecular formula is C10H19N3O. The van der Waals surface area contributed by atoms with E-state index < -0.39 is 5.54 Å². The van der Waals surface area contributed by atoms with E-state index in [1.54, 1.807) is 0 Å². The number of nitrogens with two attached hydrogens (primary N) is 1. The monoisotopic (exact) mass is 197 g/mol. The maximum atomic E-state index is 11.8. The lowest BCUT2D eigenvalue weighted by molar-refractivity contribution is -0.128. The smallest absolute Gasteiger partial charge is 0.240 e. The van der Waals surface area contributed by atoms with Crippen LogP contribution in [0.5, 0.6) is 0 Å². The van der Waals surface area contributed by atoms with Crippen molar-refractivity contribution in [1.29, 1.82) is 0 Å². The molecule has 3 N–H and O–H groups in total. The molecule has 1 heterocycles. The zero-order chi connectivity index (χ0) is 10.2. The van der Waals surface area contributed by atoms with Gasteiger partial charge in [0.1, 0.15) is 0 Å². The Morgan fingerprint density at radius 3 is 2.50 bits per heavy atom. The number of amides is 1. The molecule has 1 saturated carbocycles. The van der Waals surface area contributed by atoms with E-state index in [1.807, 2.05) is 0 Å². The van der Waals surface area contributed by atoms with Gasteiger partial charge in [-0.3, -0.25) is 4.79 Å². The Morgan fingerprint density at radius 2 is 2.00 bits per heavy atom. The van der Waals surface area contributed by atoms with Gasteiger partial charge < -0.3 is 16.0 Å². The first kappa shape index (κ1) is 9.93. The van der Waals surface area contributed by atoms with Crippen molar-refractivity contribution in [3.63, 3.8) is 0 Å². The zero-order valence-corrected chi connectivity index (χ0v) is 8.75. The van der Waals surface area contributed by atoms with E-state index >= 15 is 0 Å². The number of nitrogens with zero attached hydrogens (tertiary/aromatic N) is 1. The molecule has 1 saturated heterocycles. The third kappa shape index (κ3) is 2.07. The highest BCUT2D eigenvalue weighted by molar-refractivity contribution is 5.86. The van der Waals surface area contributed by atoms with Gasteiger partial charge in [0, 0.05) is 19.1 Å². The summed E-state index contributed by atoms with van der Waals surface area (Å²) in [6.45, 7) is 1.85. The van der Waals surface area contributed by atoms with Crippen LogP contribution in [0.4, 0.5) is 0 Å². The summed E-state index contributed by atoms with van der Waals surface area (Å²) in [5.41, 5.74) is 5.50. The Morgan fingerprint density at radius 1 is 1.43 bits per heavy atom. The maximum Gasteiger partial charge on any atom is 0.240 e. The molecule has 0 unspecified atom stereocenters. The van der Waals surface area contributed by atoms with Crippen LogP contribution in [-0.2, 0) is 4.79 Å². The Bertz CT molecular complexity index is 230. The summed E-state index contributed by atoms with van der Waals surface area (Å²) < 4.78 is 0. The molecule has 1 aliphatic heterocycles. The molecule has 1 aliphatic carbocycles. The van der Waals surface area contributed by atoms with Gasteiger partial charge >= 0.3 is 0 Å². The summed E-state index contributed by atoms with van der Waals surface area (Å²) in [6.07, 6.45) is 3.81. The minimum absolute atomic E-state index is 0.0631. The van der Waals surface area contributed by atoms with Crippen molar-refractivity contribution in [2.45, 2.75) is 37.3 Å². The molecule has 1 amide bonds. The van der Waals surface area contributed by atoms with E-state index in [0.717, 1.165) is 38.8 Å². The van der Waals surface area contributed by atoms with Crippen molar-refractivity contribution < 1.29 is 4.79 Å². The molecule has 0 aromatic carbocycles. The first-order chi connectivity index (χ1) is 6.60. The molecule has 0 aromatic rings. The van der Waals surface area contributed by atoms with Gasteiger partial charge in [-0.25, -0.2) is 0 Å². The van der Waals surface area contributed by atoms with Gasteiger partial charge in [0.2, 0.25) is 5.91 Å². The topological polar surface area (TPSA) is 58.4 Å². The first-order valence-corrected chi connectivity index (χ1v) is 5.38. The highest BCUT2D eigenvalue weighted by atomic mass is 16.2. The highest BCUT2D eigenvalue weighted by Gasteiger charge is 2.38. The SMILES string of the molecule is CN1CCC(N)(C(=O)NC2CC2)CC1. The molecule has 0 aromatic heterocycles. The van der Waals surface area contributed by atoms with Crippen molar-refractivity contribution in [3.8, 4) is 0 Å². The molecule has 14 heavy (non-hydrogen) atoms. The van der Waals surface area contributed by atoms with Crippen LogP contribution in [0, 0.1) is 0 Å². The first-order valence-electron chi connectivity index (χ1n) is 5.38. The average molecular weight is 197 g/mol. The molecular weight excluding hydrogens is 178 g/mol. The lowest BCUT2D eigenvalue weighted by Gasteiger charge is -2.36. The second kappa shape index (κ2) is 3.51. The van der Waals surface area contributed by atoms with E-state index in [0.29, 0.717) is 6.04 Å². The number of piperidine rings is 1. The standard InChI is InChI=1S/C10H19N3O/c1-13-6-4-10(11,5-7-13)9(14)12-8-2-3-8/h8H,2-7,11H2,1H3,(H,12,14). The van der Waals surface area contributed by atoms with Crippen molar-refractivity contribution in [3.05, 3.63) is 0 Å². The number of rotatable bonds is 2. The molecule has 0 spiro atoms. The summed E-state index contributed by atoms with van der Waals surface area (Å²) >= 11 is 0. The van der Waals surface area contributed by atoms with Crippen LogP contribution in [0.15, 0.2) is 0 Å². The van der Waals surface area contributed by atoms with E-state index in [2.05, 4.69) is 17.3 Å². The molecule has 0 atom stereocenters. The quantitative estimate of drug-likeness (QED) is 0.638. The van der Waals surface area contributed by atoms with Crippen LogP contribution in [-0.4, -0.2) is 42.5 Å². The molecule has 0 radical (unpaired) electrons. The lowest BCUT2D eigenvalue weighted by Crippen LogP contribution is -2.59. The van der Waals surface area contributed by atoms with Gasteiger partial charge in [-0.15, -0.1) is 0 Å². The summed E-state index contributed by atoms with van der Waals surface area (Å²) in [5, 5.41) is 3.00. The van der Waals surface area contributed by atoms with Gasteiger partial charge in [-0.2, -0.15) is 0 Å². The highest BCUT2D eigenvalue weighted by Crippen LogP contribution is 2.23. The van der Waals surface area contributed by atoms with E-state index in [1.165, 1.54) is 0 Å².